The van der Waals surface area contributed by atoms with Crippen LogP contribution >= 0.6 is 0 Å². The number of amides is 2. The summed E-state index contributed by atoms with van der Waals surface area (Å²) in [5.41, 5.74) is 1.97. The van der Waals surface area contributed by atoms with Gasteiger partial charge in [0.1, 0.15) is 17.5 Å². The quantitative estimate of drug-likeness (QED) is 0.657. The van der Waals surface area contributed by atoms with Crippen LogP contribution in [0.15, 0.2) is 48.5 Å². The molecule has 0 saturated carbocycles. The first kappa shape index (κ1) is 24.1. The van der Waals surface area contributed by atoms with Crippen molar-refractivity contribution in [1.82, 2.24) is 14.7 Å². The molecule has 182 valence electrons. The highest BCUT2D eigenvalue weighted by atomic mass is 16.3. The number of likely N-dealkylation sites (N-methyl/N-ethyl adjacent to an activating group) is 1. The summed E-state index contributed by atoms with van der Waals surface area (Å²) in [4.78, 5) is 33.3. The second-order valence-corrected chi connectivity index (χ2v) is 10.1. The van der Waals surface area contributed by atoms with E-state index in [0.717, 1.165) is 24.1 Å². The summed E-state index contributed by atoms with van der Waals surface area (Å²) < 4.78 is 0. The summed E-state index contributed by atoms with van der Waals surface area (Å²) >= 11 is 0. The third-order valence-corrected chi connectivity index (χ3v) is 6.99. The fraction of sp³-hybridized carbons (Fsp3) is 0.481. The highest BCUT2D eigenvalue weighted by Gasteiger charge is 2.48. The Morgan fingerprint density at radius 2 is 1.44 bits per heavy atom. The van der Waals surface area contributed by atoms with E-state index in [4.69, 9.17) is 0 Å². The van der Waals surface area contributed by atoms with Crippen molar-refractivity contribution >= 4 is 11.8 Å². The minimum atomic E-state index is -0.557. The molecule has 2 aliphatic rings. The second kappa shape index (κ2) is 10.1. The van der Waals surface area contributed by atoms with Crippen molar-refractivity contribution in [2.75, 3.05) is 26.7 Å². The number of aromatic hydroxyl groups is 2. The molecule has 0 spiro atoms. The van der Waals surface area contributed by atoms with Gasteiger partial charge in [0.25, 0.3) is 0 Å². The molecule has 0 bridgehead atoms. The molecule has 2 N–H and O–H groups in total. The predicted octanol–water partition coefficient (Wildman–Crippen LogP) is 2.65. The summed E-state index contributed by atoms with van der Waals surface area (Å²) in [7, 11) is 2.01. The third-order valence-electron chi connectivity index (χ3n) is 6.99. The summed E-state index contributed by atoms with van der Waals surface area (Å²) in [5, 5.41) is 19.2. The minimum Gasteiger partial charge on any atom is -0.508 e. The Morgan fingerprint density at radius 3 is 2.03 bits per heavy atom. The fourth-order valence-electron chi connectivity index (χ4n) is 5.21. The van der Waals surface area contributed by atoms with Crippen molar-refractivity contribution in [3.05, 3.63) is 59.7 Å². The van der Waals surface area contributed by atoms with Gasteiger partial charge in [0.2, 0.25) is 11.8 Å². The summed E-state index contributed by atoms with van der Waals surface area (Å²) in [6.45, 7) is 6.06. The maximum Gasteiger partial charge on any atom is 0.245 e. The molecule has 34 heavy (non-hydrogen) atoms. The first-order valence-corrected chi connectivity index (χ1v) is 12.1. The van der Waals surface area contributed by atoms with E-state index in [1.807, 2.05) is 41.1 Å². The van der Waals surface area contributed by atoms with E-state index in [-0.39, 0.29) is 35.4 Å². The van der Waals surface area contributed by atoms with E-state index in [1.165, 1.54) is 0 Å². The van der Waals surface area contributed by atoms with Gasteiger partial charge in [-0.1, -0.05) is 38.1 Å². The van der Waals surface area contributed by atoms with Crippen LogP contribution in [0.3, 0.4) is 0 Å². The number of hydrogen-bond acceptors (Lipinski definition) is 5. The first-order chi connectivity index (χ1) is 16.2. The topological polar surface area (TPSA) is 84.3 Å². The lowest BCUT2D eigenvalue weighted by atomic mass is 9.91. The molecule has 2 saturated heterocycles. The molecule has 2 aliphatic heterocycles. The number of nitrogens with zero attached hydrogens (tertiary/aromatic N) is 3. The van der Waals surface area contributed by atoms with Crippen LogP contribution in [0.5, 0.6) is 11.5 Å². The zero-order valence-corrected chi connectivity index (χ0v) is 20.2. The average molecular weight is 466 g/mol. The number of hydrogen-bond donors (Lipinski definition) is 2. The maximum atomic E-state index is 13.7. The van der Waals surface area contributed by atoms with Crippen LogP contribution < -0.4 is 0 Å². The largest absolute Gasteiger partial charge is 0.508 e. The number of carbonyl (C=O) groups excluding carboxylic acids is 2. The SMILES string of the molecule is CC(C)C[C@H]1C(=O)N2[C@H](CN(CCc3ccc(O)cc3)C(=O)[C@@H]2Cc2ccc(O)cc2)CN1C. The van der Waals surface area contributed by atoms with Gasteiger partial charge < -0.3 is 20.0 Å². The molecule has 7 heteroatoms. The lowest BCUT2D eigenvalue weighted by Gasteiger charge is -2.52. The van der Waals surface area contributed by atoms with Gasteiger partial charge in [-0.05, 0) is 61.2 Å². The Labute approximate surface area is 201 Å². The third kappa shape index (κ3) is 5.20. The molecule has 4 rings (SSSR count). The van der Waals surface area contributed by atoms with Crippen LogP contribution in [0.2, 0.25) is 0 Å². The van der Waals surface area contributed by atoms with E-state index >= 15 is 0 Å². The van der Waals surface area contributed by atoms with Crippen LogP contribution in [0.4, 0.5) is 0 Å². The van der Waals surface area contributed by atoms with Crippen LogP contribution in [0.1, 0.15) is 31.4 Å². The van der Waals surface area contributed by atoms with E-state index in [2.05, 4.69) is 18.7 Å². The molecule has 7 nitrogen and oxygen atoms in total. The number of rotatable bonds is 7. The lowest BCUT2D eigenvalue weighted by molar-refractivity contribution is -0.165. The van der Waals surface area contributed by atoms with E-state index in [1.54, 1.807) is 24.3 Å². The van der Waals surface area contributed by atoms with Crippen molar-refractivity contribution in [3.63, 3.8) is 0 Å². The number of phenolic OH excluding ortho intramolecular Hbond substituents is 2. The molecule has 2 fully saturated rings. The van der Waals surface area contributed by atoms with Crippen LogP contribution in [0.25, 0.3) is 0 Å². The normalized spacial score (nSPS) is 23.5. The smallest absolute Gasteiger partial charge is 0.245 e. The number of phenols is 2. The average Bonchev–Trinajstić information content (AvgIpc) is 2.79. The maximum absolute atomic E-state index is 13.7. The number of benzene rings is 2. The highest BCUT2D eigenvalue weighted by Crippen LogP contribution is 2.29. The van der Waals surface area contributed by atoms with Gasteiger partial charge in [-0.3, -0.25) is 14.5 Å². The predicted molar refractivity (Wildman–Crippen MR) is 130 cm³/mol. The molecule has 3 atom stereocenters. The zero-order valence-electron chi connectivity index (χ0n) is 20.2. The highest BCUT2D eigenvalue weighted by molar-refractivity contribution is 5.92. The zero-order chi connectivity index (χ0) is 24.4. The van der Waals surface area contributed by atoms with E-state index < -0.39 is 6.04 Å². The molecular weight excluding hydrogens is 430 g/mol. The van der Waals surface area contributed by atoms with Crippen molar-refractivity contribution < 1.29 is 19.8 Å². The Morgan fingerprint density at radius 1 is 0.853 bits per heavy atom. The van der Waals surface area contributed by atoms with Crippen molar-refractivity contribution in [2.45, 2.75) is 51.2 Å². The molecule has 2 aromatic rings. The monoisotopic (exact) mass is 465 g/mol. The van der Waals surface area contributed by atoms with Gasteiger partial charge in [-0.15, -0.1) is 0 Å². The van der Waals surface area contributed by atoms with Gasteiger partial charge >= 0.3 is 0 Å². The molecular formula is C27H35N3O4. The second-order valence-electron chi connectivity index (χ2n) is 10.1. The first-order valence-electron chi connectivity index (χ1n) is 12.1. The van der Waals surface area contributed by atoms with Crippen molar-refractivity contribution in [2.24, 2.45) is 5.92 Å². The summed E-state index contributed by atoms with van der Waals surface area (Å²) in [5.74, 6) is 0.805. The minimum absolute atomic E-state index is 0.0238. The summed E-state index contributed by atoms with van der Waals surface area (Å²) in [6.07, 6.45) is 1.88. The van der Waals surface area contributed by atoms with Gasteiger partial charge in [0.05, 0.1) is 12.1 Å². The van der Waals surface area contributed by atoms with Gasteiger partial charge in [0, 0.05) is 26.1 Å². The van der Waals surface area contributed by atoms with Crippen LogP contribution in [-0.2, 0) is 22.4 Å². The molecule has 0 aliphatic carbocycles. The van der Waals surface area contributed by atoms with E-state index in [9.17, 15) is 19.8 Å². The van der Waals surface area contributed by atoms with Gasteiger partial charge in [-0.25, -0.2) is 0 Å². The van der Waals surface area contributed by atoms with Crippen molar-refractivity contribution in [3.8, 4) is 11.5 Å². The van der Waals surface area contributed by atoms with Crippen LogP contribution in [0, 0.1) is 5.92 Å². The Bertz CT molecular complexity index is 1010. The molecule has 0 unspecified atom stereocenters. The number of carbonyl (C=O) groups is 2. The van der Waals surface area contributed by atoms with Gasteiger partial charge in [0.15, 0.2) is 0 Å². The molecule has 2 aromatic carbocycles. The fourth-order valence-corrected chi connectivity index (χ4v) is 5.21. The Hall–Kier alpha value is -3.06. The summed E-state index contributed by atoms with van der Waals surface area (Å²) in [6, 6.07) is 13.1. The van der Waals surface area contributed by atoms with Gasteiger partial charge in [-0.2, -0.15) is 0 Å². The molecule has 0 radical (unpaired) electrons. The standard InChI is InChI=1S/C27H35N3O4/c1-18(2)14-24-27(34)30-21(16-28(24)3)17-29(13-12-19-4-8-22(31)9-5-19)26(33)25(30)15-20-6-10-23(32)11-7-20/h4-11,18,21,24-25,31-32H,12-17H2,1-3H3/t21-,24-,25-/m0/s1. The Kier molecular flexibility index (Phi) is 7.12. The lowest BCUT2D eigenvalue weighted by Crippen LogP contribution is -2.72. The number of piperazine rings is 2. The van der Waals surface area contributed by atoms with Crippen molar-refractivity contribution in [1.29, 1.82) is 0 Å². The molecule has 2 amide bonds. The van der Waals surface area contributed by atoms with Crippen LogP contribution in [-0.4, -0.2) is 81.5 Å². The molecule has 0 aromatic heterocycles. The molecule has 2 heterocycles. The Balaban J connectivity index is 1.58. The number of fused-ring (bicyclic) bond motifs is 1. The van der Waals surface area contributed by atoms with E-state index in [0.29, 0.717) is 31.8 Å².